The Labute approximate surface area is 143 Å². The van der Waals surface area contributed by atoms with Crippen LogP contribution in [0.1, 0.15) is 16.7 Å². The fraction of sp³-hybridized carbons (Fsp3) is 0.0500. The van der Waals surface area contributed by atoms with Crippen LogP contribution in [0.2, 0.25) is 0 Å². The van der Waals surface area contributed by atoms with Crippen molar-refractivity contribution in [1.82, 2.24) is 0 Å². The molecule has 3 nitrogen and oxygen atoms in total. The fourth-order valence-electron chi connectivity index (χ4n) is 2.85. The first-order valence-electron chi connectivity index (χ1n) is 7.67. The van der Waals surface area contributed by atoms with E-state index in [9.17, 15) is 4.21 Å². The zero-order valence-corrected chi connectivity index (χ0v) is 13.6. The summed E-state index contributed by atoms with van der Waals surface area (Å²) >= 11 is 0. The maximum Gasteiger partial charge on any atom is 0.267 e. The highest BCUT2D eigenvalue weighted by atomic mass is 32.2. The maximum absolute atomic E-state index is 13.5. The number of hydrogen-bond acceptors (Lipinski definition) is 3. The van der Waals surface area contributed by atoms with Gasteiger partial charge in [-0.1, -0.05) is 96.2 Å². The summed E-state index contributed by atoms with van der Waals surface area (Å²) < 4.78 is 13.5. The van der Waals surface area contributed by atoms with Gasteiger partial charge in [-0.2, -0.15) is 0 Å². The highest BCUT2D eigenvalue weighted by Crippen LogP contribution is 2.42. The summed E-state index contributed by atoms with van der Waals surface area (Å²) in [5.74, 6) is 0. The van der Waals surface area contributed by atoms with E-state index in [1.807, 2.05) is 91.0 Å². The van der Waals surface area contributed by atoms with Crippen molar-refractivity contribution < 1.29 is 9.05 Å². The summed E-state index contributed by atoms with van der Waals surface area (Å²) in [4.78, 5) is 4.76. The lowest BCUT2D eigenvalue weighted by Crippen LogP contribution is -2.33. The standard InChI is InChI=1S/C20H15NO2S/c22-24-19(16-10-4-1-5-11-16)21-23-20(24,17-12-6-2-7-13-17)18-14-8-3-9-15-18/h1-15H. The smallest absolute Gasteiger partial charge is 0.267 e. The topological polar surface area (TPSA) is 38.7 Å². The second-order valence-corrected chi connectivity index (χ2v) is 6.97. The van der Waals surface area contributed by atoms with Crippen LogP contribution in [-0.2, 0) is 20.6 Å². The molecule has 24 heavy (non-hydrogen) atoms. The highest BCUT2D eigenvalue weighted by molar-refractivity contribution is 8.02. The van der Waals surface area contributed by atoms with Gasteiger partial charge < -0.3 is 4.84 Å². The van der Waals surface area contributed by atoms with Gasteiger partial charge in [0.2, 0.25) is 0 Å². The fourth-order valence-corrected chi connectivity index (χ4v) is 4.38. The lowest BCUT2D eigenvalue weighted by atomic mass is 10.0. The molecule has 1 aliphatic rings. The Bertz CT molecular complexity index is 853. The molecule has 0 N–H and O–H groups in total. The normalized spacial score (nSPS) is 18.7. The lowest BCUT2D eigenvalue weighted by molar-refractivity contribution is 0.0634. The van der Waals surface area contributed by atoms with Gasteiger partial charge in [0, 0.05) is 16.7 Å². The molecule has 0 aliphatic carbocycles. The Morgan fingerprint density at radius 3 is 1.67 bits per heavy atom. The van der Waals surface area contributed by atoms with Gasteiger partial charge >= 0.3 is 0 Å². The van der Waals surface area contributed by atoms with Crippen molar-refractivity contribution in [3.8, 4) is 0 Å². The molecule has 4 rings (SSSR count). The number of benzene rings is 3. The van der Waals surface area contributed by atoms with Gasteiger partial charge in [0.25, 0.3) is 4.93 Å². The van der Waals surface area contributed by atoms with E-state index in [1.165, 1.54) is 0 Å². The molecule has 0 radical (unpaired) electrons. The van der Waals surface area contributed by atoms with Crippen LogP contribution in [-0.4, -0.2) is 9.25 Å². The minimum Gasteiger partial charge on any atom is -0.364 e. The van der Waals surface area contributed by atoms with Crippen LogP contribution in [0.25, 0.3) is 0 Å². The van der Waals surface area contributed by atoms with Crippen molar-refractivity contribution in [3.05, 3.63) is 108 Å². The van der Waals surface area contributed by atoms with E-state index in [1.54, 1.807) is 0 Å². The third-order valence-corrected chi connectivity index (χ3v) is 5.75. The summed E-state index contributed by atoms with van der Waals surface area (Å²) in [5.41, 5.74) is 2.46. The maximum atomic E-state index is 13.5. The van der Waals surface area contributed by atoms with Crippen molar-refractivity contribution in [3.63, 3.8) is 0 Å². The first-order chi connectivity index (χ1) is 11.8. The number of nitrogens with zero attached hydrogens (tertiary/aromatic N) is 1. The van der Waals surface area contributed by atoms with E-state index in [0.717, 1.165) is 16.7 Å². The zero-order chi connectivity index (χ0) is 16.4. The van der Waals surface area contributed by atoms with Crippen LogP contribution >= 0.6 is 0 Å². The second kappa shape index (κ2) is 6.06. The van der Waals surface area contributed by atoms with Gasteiger partial charge in [-0.05, 0) is 0 Å². The Morgan fingerprint density at radius 1 is 0.708 bits per heavy atom. The lowest BCUT2D eigenvalue weighted by Gasteiger charge is -2.26. The predicted octanol–water partition coefficient (Wildman–Crippen LogP) is 4.03. The molecule has 4 heteroatoms. The summed E-state index contributed by atoms with van der Waals surface area (Å²) in [6.45, 7) is 0. The quantitative estimate of drug-likeness (QED) is 0.726. The summed E-state index contributed by atoms with van der Waals surface area (Å²) in [6, 6.07) is 28.7. The average molecular weight is 333 g/mol. The molecule has 118 valence electrons. The summed E-state index contributed by atoms with van der Waals surface area (Å²) in [5, 5.41) is 4.67. The van der Waals surface area contributed by atoms with E-state index < -0.39 is 15.7 Å². The van der Waals surface area contributed by atoms with Gasteiger partial charge in [-0.3, -0.25) is 0 Å². The molecule has 0 fully saturated rings. The molecule has 0 saturated carbocycles. The first kappa shape index (κ1) is 14.8. The molecule has 0 amide bonds. The SMILES string of the molecule is O=S1C(c2ccccc2)=NOC1(c1ccccc1)c1ccccc1. The van der Waals surface area contributed by atoms with Crippen LogP contribution in [0, 0.1) is 0 Å². The van der Waals surface area contributed by atoms with Crippen molar-refractivity contribution in [2.24, 2.45) is 5.16 Å². The minimum absolute atomic E-state index is 0.461. The number of rotatable bonds is 3. The molecule has 0 spiro atoms. The van der Waals surface area contributed by atoms with Crippen molar-refractivity contribution in [2.75, 3.05) is 0 Å². The van der Waals surface area contributed by atoms with Crippen LogP contribution in [0.3, 0.4) is 0 Å². The van der Waals surface area contributed by atoms with Gasteiger partial charge in [0.15, 0.2) is 5.04 Å². The molecule has 0 aromatic heterocycles. The monoisotopic (exact) mass is 333 g/mol. The van der Waals surface area contributed by atoms with Gasteiger partial charge in [0.05, 0.1) is 0 Å². The van der Waals surface area contributed by atoms with Crippen LogP contribution in [0.15, 0.2) is 96.2 Å². The third kappa shape index (κ3) is 2.27. The largest absolute Gasteiger partial charge is 0.364 e. The summed E-state index contributed by atoms with van der Waals surface area (Å²) in [6.07, 6.45) is 0. The Kier molecular flexibility index (Phi) is 3.75. The van der Waals surface area contributed by atoms with E-state index >= 15 is 0 Å². The molecule has 1 aliphatic heterocycles. The Balaban J connectivity index is 1.87. The van der Waals surface area contributed by atoms with Crippen LogP contribution < -0.4 is 0 Å². The van der Waals surface area contributed by atoms with Crippen LogP contribution in [0.4, 0.5) is 0 Å². The highest BCUT2D eigenvalue weighted by Gasteiger charge is 2.50. The molecule has 0 bridgehead atoms. The van der Waals surface area contributed by atoms with E-state index in [2.05, 4.69) is 5.16 Å². The molecule has 1 heterocycles. The van der Waals surface area contributed by atoms with Gasteiger partial charge in [0.1, 0.15) is 10.8 Å². The first-order valence-corrected chi connectivity index (χ1v) is 8.82. The molecule has 3 aromatic rings. The summed E-state index contributed by atoms with van der Waals surface area (Å²) in [7, 11) is -1.48. The molecule has 1 atom stereocenters. The van der Waals surface area contributed by atoms with Crippen LogP contribution in [0.5, 0.6) is 0 Å². The molecule has 1 unspecified atom stereocenters. The molecule has 0 saturated heterocycles. The predicted molar refractivity (Wildman–Crippen MR) is 95.9 cm³/mol. The number of oxime groups is 1. The van der Waals surface area contributed by atoms with Gasteiger partial charge in [-0.25, -0.2) is 4.21 Å². The Hall–Kier alpha value is -2.72. The second-order valence-electron chi connectivity index (χ2n) is 5.47. The van der Waals surface area contributed by atoms with E-state index in [4.69, 9.17) is 4.84 Å². The van der Waals surface area contributed by atoms with Crippen molar-refractivity contribution in [1.29, 1.82) is 0 Å². The number of hydrogen-bond donors (Lipinski definition) is 0. The molecule has 3 aromatic carbocycles. The third-order valence-electron chi connectivity index (χ3n) is 4.02. The van der Waals surface area contributed by atoms with Gasteiger partial charge in [-0.15, -0.1) is 0 Å². The molecular weight excluding hydrogens is 318 g/mol. The van der Waals surface area contributed by atoms with Crippen molar-refractivity contribution >= 4 is 15.8 Å². The Morgan fingerprint density at radius 2 is 1.17 bits per heavy atom. The van der Waals surface area contributed by atoms with E-state index in [0.29, 0.717) is 5.04 Å². The minimum atomic E-state index is -1.48. The zero-order valence-electron chi connectivity index (χ0n) is 12.8. The average Bonchev–Trinajstić information content (AvgIpc) is 3.02. The van der Waals surface area contributed by atoms with Crippen molar-refractivity contribution in [2.45, 2.75) is 4.93 Å². The molecular formula is C20H15NO2S. The van der Waals surface area contributed by atoms with E-state index in [-0.39, 0.29) is 0 Å².